The van der Waals surface area contributed by atoms with Crippen LogP contribution in [0.5, 0.6) is 0 Å². The maximum atomic E-state index is 10.2. The highest BCUT2D eigenvalue weighted by atomic mass is 127. The zero-order valence-corrected chi connectivity index (χ0v) is 19.2. The van der Waals surface area contributed by atoms with Crippen LogP contribution < -0.4 is 10.6 Å². The molecule has 0 amide bonds. The zero-order valence-electron chi connectivity index (χ0n) is 16.8. The van der Waals surface area contributed by atoms with E-state index in [1.54, 1.807) is 0 Å². The molecule has 6 heteroatoms. The van der Waals surface area contributed by atoms with Gasteiger partial charge in [0.05, 0.1) is 6.10 Å². The minimum Gasteiger partial charge on any atom is -0.388 e. The molecule has 0 heterocycles. The van der Waals surface area contributed by atoms with E-state index in [9.17, 15) is 5.11 Å². The Morgan fingerprint density at radius 3 is 2.32 bits per heavy atom. The van der Waals surface area contributed by atoms with E-state index in [1.165, 1.54) is 5.56 Å². The molecule has 0 spiro atoms. The van der Waals surface area contributed by atoms with E-state index < -0.39 is 6.10 Å². The number of guanidine groups is 1. The number of aliphatic hydroxyl groups excluding tert-OH is 1. The van der Waals surface area contributed by atoms with E-state index in [1.807, 2.05) is 36.4 Å². The van der Waals surface area contributed by atoms with Crippen molar-refractivity contribution in [1.82, 2.24) is 15.5 Å². The third kappa shape index (κ3) is 9.52. The van der Waals surface area contributed by atoms with E-state index >= 15 is 0 Å². The number of hydrogen-bond donors (Lipinski definition) is 3. The molecule has 0 radical (unpaired) electrons. The summed E-state index contributed by atoms with van der Waals surface area (Å²) in [5, 5.41) is 16.9. The fraction of sp³-hybridized carbons (Fsp3) is 0.409. The normalized spacial score (nSPS) is 12.4. The molecule has 2 aromatic carbocycles. The van der Waals surface area contributed by atoms with Crippen molar-refractivity contribution in [3.63, 3.8) is 0 Å². The van der Waals surface area contributed by atoms with Crippen molar-refractivity contribution in [3.8, 4) is 0 Å². The number of nitrogens with one attached hydrogen (secondary N) is 2. The number of hydrogen-bond acceptors (Lipinski definition) is 3. The van der Waals surface area contributed by atoms with Gasteiger partial charge in [-0.3, -0.25) is 4.99 Å². The van der Waals surface area contributed by atoms with Gasteiger partial charge in [-0.05, 0) is 31.5 Å². The molecule has 0 aliphatic heterocycles. The smallest absolute Gasteiger partial charge is 0.191 e. The second-order valence-corrected chi connectivity index (χ2v) is 6.63. The first-order valence-electron chi connectivity index (χ1n) is 9.66. The number of rotatable bonds is 10. The van der Waals surface area contributed by atoms with Crippen LogP contribution in [0.1, 0.15) is 30.6 Å². The molecule has 0 aliphatic carbocycles. The maximum absolute atomic E-state index is 10.2. The maximum Gasteiger partial charge on any atom is 0.191 e. The van der Waals surface area contributed by atoms with Crippen molar-refractivity contribution in [1.29, 1.82) is 0 Å². The van der Waals surface area contributed by atoms with Gasteiger partial charge in [0.1, 0.15) is 0 Å². The third-order valence-corrected chi connectivity index (χ3v) is 4.28. The summed E-state index contributed by atoms with van der Waals surface area (Å²) in [5.41, 5.74) is 2.25. The number of nitrogens with zero attached hydrogens (tertiary/aromatic N) is 2. The molecule has 5 nitrogen and oxygen atoms in total. The fourth-order valence-corrected chi connectivity index (χ4v) is 2.82. The highest BCUT2D eigenvalue weighted by molar-refractivity contribution is 14.0. The van der Waals surface area contributed by atoms with Gasteiger partial charge in [0.15, 0.2) is 5.96 Å². The molecule has 0 fully saturated rings. The first-order chi connectivity index (χ1) is 13.2. The molecule has 28 heavy (non-hydrogen) atoms. The summed E-state index contributed by atoms with van der Waals surface area (Å²) in [6.45, 7) is 6.11. The molecule has 0 bridgehead atoms. The van der Waals surface area contributed by atoms with Crippen molar-refractivity contribution in [2.24, 2.45) is 4.99 Å². The predicted octanol–water partition coefficient (Wildman–Crippen LogP) is 3.42. The van der Waals surface area contributed by atoms with Crippen LogP contribution >= 0.6 is 24.0 Å². The molecule has 0 saturated carbocycles. The molecule has 0 aliphatic rings. The third-order valence-electron chi connectivity index (χ3n) is 4.28. The van der Waals surface area contributed by atoms with Gasteiger partial charge in [0, 0.05) is 32.7 Å². The Kier molecular flexibility index (Phi) is 12.5. The lowest BCUT2D eigenvalue weighted by molar-refractivity contribution is 0.170. The number of benzene rings is 2. The number of aliphatic hydroxyl groups is 1. The summed E-state index contributed by atoms with van der Waals surface area (Å²) in [6.07, 6.45) is 0.129. The quantitative estimate of drug-likeness (QED) is 0.268. The van der Waals surface area contributed by atoms with Crippen molar-refractivity contribution >= 4 is 29.9 Å². The van der Waals surface area contributed by atoms with Crippen LogP contribution in [0.15, 0.2) is 65.7 Å². The second kappa shape index (κ2) is 14.4. The summed E-state index contributed by atoms with van der Waals surface area (Å²) in [5.74, 6) is 0.797. The lowest BCUT2D eigenvalue weighted by Gasteiger charge is -2.18. The standard InChI is InChI=1S/C22H32N4O.HI/c1-3-23-22(24-15-14-21(27)20-12-8-5-9-13-20)25-16-17-26(2)18-19-10-6-4-7-11-19;/h4-13,21,27H,3,14-18H2,1-2H3,(H2,23,24,25);1H. The summed E-state index contributed by atoms with van der Waals surface area (Å²) < 4.78 is 0. The average Bonchev–Trinajstić information content (AvgIpc) is 2.69. The van der Waals surface area contributed by atoms with Gasteiger partial charge in [0.25, 0.3) is 0 Å². The van der Waals surface area contributed by atoms with Crippen LogP contribution in [0.3, 0.4) is 0 Å². The number of aliphatic imine (C=N–C) groups is 1. The minimum absolute atomic E-state index is 0. The second-order valence-electron chi connectivity index (χ2n) is 6.63. The van der Waals surface area contributed by atoms with E-state index in [0.29, 0.717) is 13.0 Å². The Bertz CT molecular complexity index is 667. The van der Waals surface area contributed by atoms with Gasteiger partial charge in [-0.2, -0.15) is 0 Å². The Labute approximate surface area is 186 Å². The van der Waals surface area contributed by atoms with Crippen LogP contribution in [0, 0.1) is 0 Å². The van der Waals surface area contributed by atoms with Crippen LogP contribution in [0.4, 0.5) is 0 Å². The van der Waals surface area contributed by atoms with E-state index in [0.717, 1.165) is 37.7 Å². The first-order valence-corrected chi connectivity index (χ1v) is 9.66. The molecule has 2 rings (SSSR count). The topological polar surface area (TPSA) is 59.9 Å². The molecular weight excluding hydrogens is 463 g/mol. The molecule has 2 aromatic rings. The zero-order chi connectivity index (χ0) is 19.3. The molecule has 3 N–H and O–H groups in total. The SMILES string of the molecule is CCNC(=NCCC(O)c1ccccc1)NCCN(C)Cc1ccccc1.I. The Morgan fingerprint density at radius 1 is 1.04 bits per heavy atom. The van der Waals surface area contributed by atoms with Gasteiger partial charge in [-0.15, -0.1) is 24.0 Å². The van der Waals surface area contributed by atoms with Crippen molar-refractivity contribution in [2.75, 3.05) is 33.2 Å². The molecule has 0 saturated heterocycles. The monoisotopic (exact) mass is 496 g/mol. The molecule has 1 unspecified atom stereocenters. The lowest BCUT2D eigenvalue weighted by atomic mass is 10.1. The Balaban J connectivity index is 0.00000392. The van der Waals surface area contributed by atoms with Crippen molar-refractivity contribution in [3.05, 3.63) is 71.8 Å². The highest BCUT2D eigenvalue weighted by Gasteiger charge is 2.06. The summed E-state index contributed by atoms with van der Waals surface area (Å²) in [7, 11) is 2.12. The van der Waals surface area contributed by atoms with Gasteiger partial charge in [-0.25, -0.2) is 0 Å². The number of halogens is 1. The summed E-state index contributed by atoms with van der Waals surface area (Å²) in [6, 6.07) is 20.2. The van der Waals surface area contributed by atoms with Crippen molar-refractivity contribution in [2.45, 2.75) is 26.0 Å². The van der Waals surface area contributed by atoms with Gasteiger partial charge in [-0.1, -0.05) is 60.7 Å². The average molecular weight is 496 g/mol. The highest BCUT2D eigenvalue weighted by Crippen LogP contribution is 2.15. The van der Waals surface area contributed by atoms with E-state index in [4.69, 9.17) is 0 Å². The number of likely N-dealkylation sites (N-methyl/N-ethyl adjacent to an activating group) is 1. The Hall–Kier alpha value is -1.64. The first kappa shape index (κ1) is 24.4. The van der Waals surface area contributed by atoms with Gasteiger partial charge in [0.2, 0.25) is 0 Å². The summed E-state index contributed by atoms with van der Waals surface area (Å²) in [4.78, 5) is 6.86. The van der Waals surface area contributed by atoms with Crippen LogP contribution in [-0.2, 0) is 6.54 Å². The van der Waals surface area contributed by atoms with Gasteiger partial charge >= 0.3 is 0 Å². The molecule has 1 atom stereocenters. The van der Waals surface area contributed by atoms with Crippen molar-refractivity contribution < 1.29 is 5.11 Å². The predicted molar refractivity (Wildman–Crippen MR) is 128 cm³/mol. The van der Waals surface area contributed by atoms with E-state index in [2.05, 4.69) is 58.8 Å². The van der Waals surface area contributed by atoms with E-state index in [-0.39, 0.29) is 24.0 Å². The fourth-order valence-electron chi connectivity index (χ4n) is 2.82. The van der Waals surface area contributed by atoms with Crippen LogP contribution in [-0.4, -0.2) is 49.2 Å². The summed E-state index contributed by atoms with van der Waals surface area (Å²) >= 11 is 0. The largest absolute Gasteiger partial charge is 0.388 e. The van der Waals surface area contributed by atoms with Gasteiger partial charge < -0.3 is 20.6 Å². The van der Waals surface area contributed by atoms with Crippen LogP contribution in [0.2, 0.25) is 0 Å². The lowest BCUT2D eigenvalue weighted by Crippen LogP contribution is -2.41. The molecule has 0 aromatic heterocycles. The van der Waals surface area contributed by atoms with Crippen LogP contribution in [0.25, 0.3) is 0 Å². The molecular formula is C22H33IN4O. The minimum atomic E-state index is -0.477. The Morgan fingerprint density at radius 2 is 1.68 bits per heavy atom. The molecule has 154 valence electrons.